The lowest BCUT2D eigenvalue weighted by molar-refractivity contribution is -0.0364. The molecule has 1 unspecified atom stereocenters. The molecule has 0 aromatic carbocycles. The SMILES string of the molecule is CCC(CNC(C)C)OC1CCC(C)CC1. The van der Waals surface area contributed by atoms with Gasteiger partial charge in [-0.15, -0.1) is 0 Å². The van der Waals surface area contributed by atoms with Gasteiger partial charge in [0.05, 0.1) is 12.2 Å². The summed E-state index contributed by atoms with van der Waals surface area (Å²) in [7, 11) is 0. The Labute approximate surface area is 101 Å². The van der Waals surface area contributed by atoms with E-state index in [1.54, 1.807) is 0 Å². The van der Waals surface area contributed by atoms with Crippen molar-refractivity contribution in [2.24, 2.45) is 5.92 Å². The lowest BCUT2D eigenvalue weighted by Gasteiger charge is -2.30. The predicted octanol–water partition coefficient (Wildman–Crippen LogP) is 3.36. The Morgan fingerprint density at radius 1 is 1.19 bits per heavy atom. The maximum atomic E-state index is 6.18. The summed E-state index contributed by atoms with van der Waals surface area (Å²) in [6.07, 6.45) is 7.26. The molecule has 0 bridgehead atoms. The zero-order valence-corrected chi connectivity index (χ0v) is 11.5. The van der Waals surface area contributed by atoms with Gasteiger partial charge in [-0.25, -0.2) is 0 Å². The summed E-state index contributed by atoms with van der Waals surface area (Å²) in [5, 5.41) is 3.47. The number of hydrogen-bond donors (Lipinski definition) is 1. The molecule has 0 amide bonds. The summed E-state index contributed by atoms with van der Waals surface area (Å²) in [5.41, 5.74) is 0. The fourth-order valence-corrected chi connectivity index (χ4v) is 2.29. The summed E-state index contributed by atoms with van der Waals surface area (Å²) >= 11 is 0. The number of ether oxygens (including phenoxy) is 1. The number of rotatable bonds is 6. The summed E-state index contributed by atoms with van der Waals surface area (Å²) in [6, 6.07) is 0.559. The first-order valence-corrected chi connectivity index (χ1v) is 7.00. The molecule has 1 N–H and O–H groups in total. The van der Waals surface area contributed by atoms with Crippen molar-refractivity contribution in [3.05, 3.63) is 0 Å². The standard InChI is InChI=1S/C14H29NO/c1-5-13(10-15-11(2)3)16-14-8-6-12(4)7-9-14/h11-15H,5-10H2,1-4H3. The molecule has 1 saturated carbocycles. The Morgan fingerprint density at radius 3 is 2.31 bits per heavy atom. The van der Waals surface area contributed by atoms with Crippen molar-refractivity contribution in [3.8, 4) is 0 Å². The quantitative estimate of drug-likeness (QED) is 0.751. The highest BCUT2D eigenvalue weighted by atomic mass is 16.5. The average molecular weight is 227 g/mol. The van der Waals surface area contributed by atoms with Gasteiger partial charge in [0.25, 0.3) is 0 Å². The number of nitrogens with one attached hydrogen (secondary N) is 1. The highest BCUT2D eigenvalue weighted by Gasteiger charge is 2.21. The fraction of sp³-hybridized carbons (Fsp3) is 1.00. The average Bonchev–Trinajstić information content (AvgIpc) is 2.26. The van der Waals surface area contributed by atoms with Gasteiger partial charge in [0.2, 0.25) is 0 Å². The van der Waals surface area contributed by atoms with E-state index in [1.807, 2.05) is 0 Å². The molecule has 0 saturated heterocycles. The molecule has 1 rings (SSSR count). The molecule has 1 aliphatic carbocycles. The van der Waals surface area contributed by atoms with Crippen LogP contribution in [0, 0.1) is 5.92 Å². The van der Waals surface area contributed by atoms with Crippen LogP contribution in [-0.2, 0) is 4.74 Å². The monoisotopic (exact) mass is 227 g/mol. The van der Waals surface area contributed by atoms with Gasteiger partial charge in [0.15, 0.2) is 0 Å². The molecule has 0 spiro atoms. The molecule has 96 valence electrons. The molecule has 0 aromatic heterocycles. The minimum atomic E-state index is 0.404. The predicted molar refractivity (Wildman–Crippen MR) is 69.7 cm³/mol. The van der Waals surface area contributed by atoms with Crippen molar-refractivity contribution in [2.45, 2.75) is 78.0 Å². The van der Waals surface area contributed by atoms with Crippen molar-refractivity contribution in [1.82, 2.24) is 5.32 Å². The Morgan fingerprint density at radius 2 is 1.81 bits per heavy atom. The molecule has 0 aromatic rings. The van der Waals surface area contributed by atoms with Crippen LogP contribution in [0.15, 0.2) is 0 Å². The minimum Gasteiger partial charge on any atom is -0.374 e. The largest absolute Gasteiger partial charge is 0.374 e. The van der Waals surface area contributed by atoms with E-state index in [-0.39, 0.29) is 0 Å². The Kier molecular flexibility index (Phi) is 6.37. The van der Waals surface area contributed by atoms with E-state index in [0.29, 0.717) is 18.2 Å². The zero-order valence-electron chi connectivity index (χ0n) is 11.5. The van der Waals surface area contributed by atoms with Crippen molar-refractivity contribution in [2.75, 3.05) is 6.54 Å². The van der Waals surface area contributed by atoms with E-state index in [0.717, 1.165) is 18.9 Å². The highest BCUT2D eigenvalue weighted by Crippen LogP contribution is 2.26. The van der Waals surface area contributed by atoms with Crippen LogP contribution in [0.3, 0.4) is 0 Å². The van der Waals surface area contributed by atoms with Gasteiger partial charge < -0.3 is 10.1 Å². The third kappa shape index (κ3) is 5.31. The maximum absolute atomic E-state index is 6.18. The van der Waals surface area contributed by atoms with Crippen LogP contribution in [0.1, 0.15) is 59.8 Å². The molecule has 1 atom stereocenters. The van der Waals surface area contributed by atoms with Crippen LogP contribution < -0.4 is 5.32 Å². The van der Waals surface area contributed by atoms with E-state index >= 15 is 0 Å². The van der Waals surface area contributed by atoms with Crippen LogP contribution in [0.4, 0.5) is 0 Å². The Hall–Kier alpha value is -0.0800. The van der Waals surface area contributed by atoms with E-state index in [4.69, 9.17) is 4.74 Å². The van der Waals surface area contributed by atoms with E-state index in [2.05, 4.69) is 33.0 Å². The van der Waals surface area contributed by atoms with E-state index in [9.17, 15) is 0 Å². The van der Waals surface area contributed by atoms with Crippen molar-refractivity contribution >= 4 is 0 Å². The van der Waals surface area contributed by atoms with Crippen LogP contribution in [-0.4, -0.2) is 24.8 Å². The second-order valence-electron chi connectivity index (χ2n) is 5.61. The second-order valence-corrected chi connectivity index (χ2v) is 5.61. The topological polar surface area (TPSA) is 21.3 Å². The molecular weight excluding hydrogens is 198 g/mol. The summed E-state index contributed by atoms with van der Waals surface area (Å²) < 4.78 is 6.18. The Bertz CT molecular complexity index is 174. The molecule has 2 nitrogen and oxygen atoms in total. The zero-order chi connectivity index (χ0) is 12.0. The maximum Gasteiger partial charge on any atom is 0.0700 e. The molecule has 16 heavy (non-hydrogen) atoms. The first-order chi connectivity index (χ1) is 7.61. The first-order valence-electron chi connectivity index (χ1n) is 7.00. The summed E-state index contributed by atoms with van der Waals surface area (Å²) in [6.45, 7) is 9.95. The highest BCUT2D eigenvalue weighted by molar-refractivity contribution is 4.72. The van der Waals surface area contributed by atoms with Crippen LogP contribution in [0.25, 0.3) is 0 Å². The molecule has 0 radical (unpaired) electrons. The van der Waals surface area contributed by atoms with Crippen LogP contribution in [0.2, 0.25) is 0 Å². The lowest BCUT2D eigenvalue weighted by atomic mass is 9.89. The number of hydrogen-bond acceptors (Lipinski definition) is 2. The van der Waals surface area contributed by atoms with Crippen LogP contribution in [0.5, 0.6) is 0 Å². The van der Waals surface area contributed by atoms with Gasteiger partial charge in [-0.2, -0.15) is 0 Å². The molecule has 1 fully saturated rings. The van der Waals surface area contributed by atoms with Gasteiger partial charge in [0.1, 0.15) is 0 Å². The van der Waals surface area contributed by atoms with Gasteiger partial charge >= 0.3 is 0 Å². The third-order valence-corrected chi connectivity index (χ3v) is 3.56. The van der Waals surface area contributed by atoms with Gasteiger partial charge in [-0.1, -0.05) is 27.7 Å². The third-order valence-electron chi connectivity index (χ3n) is 3.56. The smallest absolute Gasteiger partial charge is 0.0700 e. The minimum absolute atomic E-state index is 0.404. The lowest BCUT2D eigenvalue weighted by Crippen LogP contribution is -2.36. The van der Waals surface area contributed by atoms with Gasteiger partial charge in [-0.05, 0) is 38.0 Å². The molecule has 1 aliphatic rings. The summed E-state index contributed by atoms with van der Waals surface area (Å²) in [4.78, 5) is 0. The molecule has 0 aliphatic heterocycles. The van der Waals surface area contributed by atoms with E-state index in [1.165, 1.54) is 25.7 Å². The van der Waals surface area contributed by atoms with Crippen molar-refractivity contribution in [3.63, 3.8) is 0 Å². The fourth-order valence-electron chi connectivity index (χ4n) is 2.29. The van der Waals surface area contributed by atoms with Crippen LogP contribution >= 0.6 is 0 Å². The normalized spacial score (nSPS) is 28.3. The summed E-state index contributed by atoms with van der Waals surface area (Å²) in [5.74, 6) is 0.911. The molecule has 0 heterocycles. The van der Waals surface area contributed by atoms with Crippen molar-refractivity contribution in [1.29, 1.82) is 0 Å². The molecule has 2 heteroatoms. The Balaban J connectivity index is 2.21. The first kappa shape index (κ1) is 14.0. The van der Waals surface area contributed by atoms with E-state index < -0.39 is 0 Å². The van der Waals surface area contributed by atoms with Gasteiger partial charge in [-0.3, -0.25) is 0 Å². The molecular formula is C14H29NO. The second kappa shape index (κ2) is 7.29. The van der Waals surface area contributed by atoms with Gasteiger partial charge in [0, 0.05) is 12.6 Å². The van der Waals surface area contributed by atoms with Crippen molar-refractivity contribution < 1.29 is 4.74 Å².